The van der Waals surface area contributed by atoms with E-state index in [0.717, 1.165) is 18.1 Å². The molecule has 10 nitrogen and oxygen atoms in total. The average Bonchev–Trinajstić information content (AvgIpc) is 3.02. The van der Waals surface area contributed by atoms with Crippen molar-refractivity contribution in [1.29, 1.82) is 0 Å². The summed E-state index contributed by atoms with van der Waals surface area (Å²) in [5, 5.41) is 24.2. The monoisotopic (exact) mass is 474 g/mol. The Balaban J connectivity index is 0.00000338. The van der Waals surface area contributed by atoms with Gasteiger partial charge in [0.2, 0.25) is 0 Å². The molecule has 0 fully saturated rings. The summed E-state index contributed by atoms with van der Waals surface area (Å²) in [5.41, 5.74) is 0.905. The number of nitro benzene ring substituents is 1. The molecule has 0 aliphatic rings. The van der Waals surface area contributed by atoms with E-state index in [1.807, 2.05) is 14.0 Å². The van der Waals surface area contributed by atoms with E-state index in [9.17, 15) is 10.1 Å². The lowest BCUT2D eigenvalue weighted by Crippen LogP contribution is -2.39. The number of hydrogen-bond donors (Lipinski definition) is 3. The van der Waals surface area contributed by atoms with Gasteiger partial charge >= 0.3 is 0 Å². The lowest BCUT2D eigenvalue weighted by Gasteiger charge is -2.12. The summed E-state index contributed by atoms with van der Waals surface area (Å²) in [4.78, 5) is 18.8. The molecular formula is C15H23IN8O2. The Labute approximate surface area is 168 Å². The Bertz CT molecular complexity index is 717. The van der Waals surface area contributed by atoms with Gasteiger partial charge in [-0.2, -0.15) is 5.10 Å². The van der Waals surface area contributed by atoms with Crippen LogP contribution in [0, 0.1) is 10.1 Å². The van der Waals surface area contributed by atoms with E-state index >= 15 is 0 Å². The largest absolute Gasteiger partial charge is 0.383 e. The average molecular weight is 474 g/mol. The zero-order valence-electron chi connectivity index (χ0n) is 14.7. The van der Waals surface area contributed by atoms with Gasteiger partial charge in [0.15, 0.2) is 5.96 Å². The van der Waals surface area contributed by atoms with Crippen LogP contribution in [0.25, 0.3) is 0 Å². The van der Waals surface area contributed by atoms with Crippen LogP contribution < -0.4 is 16.0 Å². The van der Waals surface area contributed by atoms with Crippen LogP contribution in [-0.2, 0) is 13.6 Å². The SMILES string of the molecule is CCNC(=NCc1ncnn1C)NCCNc1ccc([N+](=O)[O-])cc1.I. The highest BCUT2D eigenvalue weighted by atomic mass is 127. The Morgan fingerprint density at radius 1 is 1.27 bits per heavy atom. The third kappa shape index (κ3) is 6.82. The molecule has 11 heteroatoms. The van der Waals surface area contributed by atoms with Crippen LogP contribution in [0.4, 0.5) is 11.4 Å². The number of rotatable bonds is 8. The number of guanidine groups is 1. The third-order valence-electron chi connectivity index (χ3n) is 3.35. The first-order valence-corrected chi connectivity index (χ1v) is 7.93. The summed E-state index contributed by atoms with van der Waals surface area (Å²) in [6.45, 7) is 4.46. The van der Waals surface area contributed by atoms with Crippen molar-refractivity contribution in [2.24, 2.45) is 12.0 Å². The highest BCUT2D eigenvalue weighted by molar-refractivity contribution is 14.0. The number of hydrogen-bond acceptors (Lipinski definition) is 6. The van der Waals surface area contributed by atoms with Gasteiger partial charge < -0.3 is 16.0 Å². The van der Waals surface area contributed by atoms with Gasteiger partial charge in [0.05, 0.1) is 4.92 Å². The zero-order chi connectivity index (χ0) is 18.1. The maximum Gasteiger partial charge on any atom is 0.269 e. The summed E-state index contributed by atoms with van der Waals surface area (Å²) in [6.07, 6.45) is 1.50. The molecule has 0 amide bonds. The fourth-order valence-corrected chi connectivity index (χ4v) is 2.04. The molecule has 0 aliphatic heterocycles. The van der Waals surface area contributed by atoms with Crippen LogP contribution in [0.5, 0.6) is 0 Å². The van der Waals surface area contributed by atoms with Crippen molar-refractivity contribution in [2.45, 2.75) is 13.5 Å². The fraction of sp³-hybridized carbons (Fsp3) is 0.400. The Kier molecular flexibility index (Phi) is 9.33. The van der Waals surface area contributed by atoms with Gasteiger partial charge in [-0.25, -0.2) is 9.98 Å². The van der Waals surface area contributed by atoms with E-state index in [4.69, 9.17) is 0 Å². The minimum absolute atomic E-state index is 0. The van der Waals surface area contributed by atoms with Crippen LogP contribution in [0.1, 0.15) is 12.7 Å². The van der Waals surface area contributed by atoms with E-state index in [0.29, 0.717) is 25.6 Å². The van der Waals surface area contributed by atoms with E-state index in [1.165, 1.54) is 18.5 Å². The maximum absolute atomic E-state index is 10.6. The quantitative estimate of drug-likeness (QED) is 0.132. The van der Waals surface area contributed by atoms with Gasteiger partial charge in [-0.05, 0) is 19.1 Å². The van der Waals surface area contributed by atoms with Crippen LogP contribution in [0.3, 0.4) is 0 Å². The number of aliphatic imine (C=N–C) groups is 1. The molecule has 0 saturated heterocycles. The summed E-state index contributed by atoms with van der Waals surface area (Å²) in [7, 11) is 1.83. The van der Waals surface area contributed by atoms with Gasteiger partial charge in [0.1, 0.15) is 18.7 Å². The Morgan fingerprint density at radius 3 is 2.58 bits per heavy atom. The Hall–Kier alpha value is -2.44. The number of non-ortho nitro benzene ring substituents is 1. The molecule has 1 heterocycles. The first kappa shape index (κ1) is 21.6. The minimum Gasteiger partial charge on any atom is -0.383 e. The summed E-state index contributed by atoms with van der Waals surface area (Å²) < 4.78 is 1.68. The van der Waals surface area contributed by atoms with Crippen molar-refractivity contribution >= 4 is 41.3 Å². The first-order valence-electron chi connectivity index (χ1n) is 7.93. The summed E-state index contributed by atoms with van der Waals surface area (Å²) in [5.74, 6) is 1.47. The molecule has 1 aromatic carbocycles. The Morgan fingerprint density at radius 2 is 2.00 bits per heavy atom. The lowest BCUT2D eigenvalue weighted by atomic mass is 10.3. The number of nitro groups is 1. The number of nitrogens with zero attached hydrogens (tertiary/aromatic N) is 5. The molecule has 2 aromatic rings. The number of aromatic nitrogens is 3. The van der Waals surface area contributed by atoms with Crippen LogP contribution in [0.15, 0.2) is 35.6 Å². The van der Waals surface area contributed by atoms with Crippen molar-refractivity contribution < 1.29 is 4.92 Å². The van der Waals surface area contributed by atoms with Crippen LogP contribution in [0.2, 0.25) is 0 Å². The van der Waals surface area contributed by atoms with E-state index < -0.39 is 4.92 Å². The first-order chi connectivity index (χ1) is 12.1. The van der Waals surface area contributed by atoms with Crippen LogP contribution in [-0.4, -0.2) is 45.3 Å². The number of halogens is 1. The maximum atomic E-state index is 10.6. The molecule has 2 rings (SSSR count). The number of aryl methyl sites for hydroxylation is 1. The number of nitrogens with one attached hydrogen (secondary N) is 3. The number of benzene rings is 1. The molecule has 1 aromatic heterocycles. The van der Waals surface area contributed by atoms with E-state index in [2.05, 4.69) is 31.0 Å². The second-order valence-corrected chi connectivity index (χ2v) is 5.15. The van der Waals surface area contributed by atoms with Crippen molar-refractivity contribution in [1.82, 2.24) is 25.4 Å². The zero-order valence-corrected chi connectivity index (χ0v) is 17.0. The third-order valence-corrected chi connectivity index (χ3v) is 3.35. The molecule has 3 N–H and O–H groups in total. The predicted octanol–water partition coefficient (Wildman–Crippen LogP) is 1.51. The van der Waals surface area contributed by atoms with Crippen molar-refractivity contribution in [3.8, 4) is 0 Å². The molecule has 0 aliphatic carbocycles. The van der Waals surface area contributed by atoms with E-state index in [-0.39, 0.29) is 29.7 Å². The molecule has 0 saturated carbocycles. The van der Waals surface area contributed by atoms with Crippen molar-refractivity contribution in [3.05, 3.63) is 46.5 Å². The van der Waals surface area contributed by atoms with Crippen molar-refractivity contribution in [2.75, 3.05) is 25.0 Å². The highest BCUT2D eigenvalue weighted by Gasteiger charge is 2.04. The minimum atomic E-state index is -0.415. The highest BCUT2D eigenvalue weighted by Crippen LogP contribution is 2.14. The topological polar surface area (TPSA) is 122 Å². The van der Waals surface area contributed by atoms with Gasteiger partial charge in [0.25, 0.3) is 5.69 Å². The van der Waals surface area contributed by atoms with Crippen LogP contribution >= 0.6 is 24.0 Å². The van der Waals surface area contributed by atoms with Gasteiger partial charge in [-0.15, -0.1) is 24.0 Å². The van der Waals surface area contributed by atoms with Gasteiger partial charge in [-0.1, -0.05) is 0 Å². The lowest BCUT2D eigenvalue weighted by molar-refractivity contribution is -0.384. The molecule has 0 unspecified atom stereocenters. The standard InChI is InChI=1S/C15H22N8O2.HI/c1-3-16-15(19-10-14-20-11-21-22(14)2)18-9-8-17-12-4-6-13(7-5-12)23(24)25;/h4-7,11,17H,3,8-10H2,1-2H3,(H2,16,18,19);1H. The second-order valence-electron chi connectivity index (χ2n) is 5.15. The van der Waals surface area contributed by atoms with Crippen molar-refractivity contribution in [3.63, 3.8) is 0 Å². The predicted molar refractivity (Wildman–Crippen MR) is 111 cm³/mol. The normalized spacial score (nSPS) is 10.8. The number of anilines is 1. The molecular weight excluding hydrogens is 451 g/mol. The fourth-order valence-electron chi connectivity index (χ4n) is 2.04. The smallest absolute Gasteiger partial charge is 0.269 e. The van der Waals surface area contributed by atoms with E-state index in [1.54, 1.807) is 16.8 Å². The molecule has 26 heavy (non-hydrogen) atoms. The van der Waals surface area contributed by atoms with Gasteiger partial charge in [-0.3, -0.25) is 14.8 Å². The molecule has 0 radical (unpaired) electrons. The summed E-state index contributed by atoms with van der Waals surface area (Å²) in [6, 6.07) is 6.32. The summed E-state index contributed by atoms with van der Waals surface area (Å²) >= 11 is 0. The molecule has 0 bridgehead atoms. The molecule has 142 valence electrons. The molecule has 0 spiro atoms. The second kappa shape index (κ2) is 11.2. The van der Waals surface area contributed by atoms with Gasteiger partial charge in [0, 0.05) is 44.5 Å². The molecule has 0 atom stereocenters.